The van der Waals surface area contributed by atoms with Gasteiger partial charge in [0.05, 0.1) is 0 Å². The molecule has 0 heteroatoms. The van der Waals surface area contributed by atoms with Crippen molar-refractivity contribution >= 4 is 10.8 Å². The minimum Gasteiger partial charge on any atom is -0.168 e. The van der Waals surface area contributed by atoms with Crippen LogP contribution in [0, 0.1) is 0 Å². The van der Waals surface area contributed by atoms with Crippen molar-refractivity contribution in [3.05, 3.63) is 41.5 Å². The Labute approximate surface area is 104 Å². The Morgan fingerprint density at radius 1 is 0.941 bits per heavy atom. The molecule has 1 aliphatic carbocycles. The van der Waals surface area contributed by atoms with E-state index in [9.17, 15) is 0 Å². The van der Waals surface area contributed by atoms with E-state index in [0.29, 0.717) is 10.8 Å². The zero-order valence-corrected chi connectivity index (χ0v) is 11.3. The third kappa shape index (κ3) is 1.54. The van der Waals surface area contributed by atoms with Crippen LogP contribution in [0.5, 0.6) is 0 Å². The van der Waals surface area contributed by atoms with Gasteiger partial charge in [-0.15, -0.1) is 29.0 Å². The second-order valence-electron chi connectivity index (χ2n) is 6.82. The molecule has 17 heavy (non-hydrogen) atoms. The highest BCUT2D eigenvalue weighted by Gasteiger charge is 2.35. The second-order valence-corrected chi connectivity index (χ2v) is 6.82. The maximum Gasteiger partial charge on any atom is -0.0116 e. The Balaban J connectivity index is 2.35. The van der Waals surface area contributed by atoms with Crippen LogP contribution in [-0.2, 0) is 10.8 Å². The van der Waals surface area contributed by atoms with E-state index in [-0.39, 0.29) is 0 Å². The van der Waals surface area contributed by atoms with Crippen molar-refractivity contribution in [2.24, 2.45) is 0 Å². The molecule has 0 radical (unpaired) electrons. The predicted octanol–water partition coefficient (Wildman–Crippen LogP) is 4.91. The minimum absolute atomic E-state index is 0.330. The van der Waals surface area contributed by atoms with E-state index in [1.54, 1.807) is 11.1 Å². The molecule has 3 rings (SSSR count). The van der Waals surface area contributed by atoms with Gasteiger partial charge in [0.25, 0.3) is 0 Å². The molecule has 0 bridgehead atoms. The van der Waals surface area contributed by atoms with E-state index in [4.69, 9.17) is 0 Å². The molecule has 2 aromatic rings. The smallest absolute Gasteiger partial charge is 0.0116 e. The van der Waals surface area contributed by atoms with Crippen molar-refractivity contribution in [2.45, 2.75) is 51.4 Å². The molecular weight excluding hydrogens is 204 g/mol. The highest BCUT2D eigenvalue weighted by atomic mass is 14.4. The topological polar surface area (TPSA) is 0 Å². The summed E-state index contributed by atoms with van der Waals surface area (Å²) >= 11 is 0. The van der Waals surface area contributed by atoms with E-state index >= 15 is 0 Å². The average molecular weight is 225 g/mol. The molecule has 0 fully saturated rings. The summed E-state index contributed by atoms with van der Waals surface area (Å²) in [6.45, 7) is 9.54. The predicted molar refractivity (Wildman–Crippen MR) is 74.8 cm³/mol. The molecule has 0 N–H and O–H groups in total. The first kappa shape index (κ1) is 11.0. The van der Waals surface area contributed by atoms with Crippen LogP contribution in [0.25, 0.3) is 10.8 Å². The Kier molecular flexibility index (Phi) is 2.05. The van der Waals surface area contributed by atoms with Crippen LogP contribution in [0.4, 0.5) is 0 Å². The van der Waals surface area contributed by atoms with E-state index in [1.807, 2.05) is 0 Å². The third-order valence-corrected chi connectivity index (χ3v) is 4.61. The largest absolute Gasteiger partial charge is 0.168 e. The molecular formula is C17H21-. The Morgan fingerprint density at radius 2 is 1.53 bits per heavy atom. The molecule has 0 unspecified atom stereocenters. The lowest BCUT2D eigenvalue weighted by atomic mass is 9.63. The van der Waals surface area contributed by atoms with Gasteiger partial charge in [-0.05, 0) is 23.7 Å². The molecule has 0 saturated carbocycles. The van der Waals surface area contributed by atoms with E-state index in [1.165, 1.54) is 23.6 Å². The first-order chi connectivity index (χ1) is 7.90. The highest BCUT2D eigenvalue weighted by molar-refractivity contribution is 5.86. The second kappa shape index (κ2) is 3.19. The lowest BCUT2D eigenvalue weighted by Crippen LogP contribution is -2.33. The van der Waals surface area contributed by atoms with Crippen LogP contribution in [0.2, 0.25) is 0 Å². The SMILES string of the molecule is CC1(C)CCC(C)(C)c2cc3[cH-]ccc3cc21. The summed E-state index contributed by atoms with van der Waals surface area (Å²) in [6.07, 6.45) is 2.58. The van der Waals surface area contributed by atoms with Gasteiger partial charge in [-0.1, -0.05) is 38.8 Å². The van der Waals surface area contributed by atoms with Gasteiger partial charge in [0.1, 0.15) is 0 Å². The first-order valence-corrected chi connectivity index (χ1v) is 6.61. The number of fused-ring (bicyclic) bond motifs is 2. The molecule has 0 spiro atoms. The van der Waals surface area contributed by atoms with Crippen molar-refractivity contribution < 1.29 is 0 Å². The van der Waals surface area contributed by atoms with Gasteiger partial charge in [0, 0.05) is 0 Å². The number of hydrogen-bond acceptors (Lipinski definition) is 0. The maximum absolute atomic E-state index is 2.42. The standard InChI is InChI=1S/C17H21/c1-16(2)8-9-17(3,4)15-11-13-7-5-6-12(13)10-14(15)16/h5-7,10-11H,8-9H2,1-4H3/q-1. The summed E-state index contributed by atoms with van der Waals surface area (Å²) in [5, 5.41) is 2.80. The summed E-state index contributed by atoms with van der Waals surface area (Å²) < 4.78 is 0. The van der Waals surface area contributed by atoms with E-state index < -0.39 is 0 Å². The molecule has 0 nitrogen and oxygen atoms in total. The average Bonchev–Trinajstić information content (AvgIpc) is 2.70. The monoisotopic (exact) mass is 225 g/mol. The number of benzene rings is 1. The van der Waals surface area contributed by atoms with Crippen LogP contribution >= 0.6 is 0 Å². The Bertz CT molecular complexity index is 517. The Morgan fingerprint density at radius 3 is 2.18 bits per heavy atom. The van der Waals surface area contributed by atoms with Crippen LogP contribution in [0.3, 0.4) is 0 Å². The van der Waals surface area contributed by atoms with Crippen molar-refractivity contribution in [3.63, 3.8) is 0 Å². The molecule has 0 aromatic heterocycles. The van der Waals surface area contributed by atoms with Crippen LogP contribution in [0.15, 0.2) is 30.3 Å². The number of hydrogen-bond donors (Lipinski definition) is 0. The summed E-state index contributed by atoms with van der Waals surface area (Å²) in [5.41, 5.74) is 3.78. The maximum atomic E-state index is 2.42. The Hall–Kier alpha value is -1.17. The van der Waals surface area contributed by atoms with Gasteiger partial charge in [-0.2, -0.15) is 12.1 Å². The summed E-state index contributed by atoms with van der Waals surface area (Å²) in [6, 6.07) is 11.5. The summed E-state index contributed by atoms with van der Waals surface area (Å²) in [4.78, 5) is 0. The third-order valence-electron chi connectivity index (χ3n) is 4.61. The zero-order chi connectivity index (χ0) is 12.3. The molecule has 0 amide bonds. The van der Waals surface area contributed by atoms with E-state index in [2.05, 4.69) is 58.0 Å². The molecule has 0 saturated heterocycles. The fourth-order valence-electron chi connectivity index (χ4n) is 3.19. The zero-order valence-electron chi connectivity index (χ0n) is 11.3. The number of rotatable bonds is 0. The summed E-state index contributed by atoms with van der Waals surface area (Å²) in [5.74, 6) is 0. The molecule has 0 heterocycles. The van der Waals surface area contributed by atoms with Gasteiger partial charge in [0.2, 0.25) is 0 Å². The molecule has 0 atom stereocenters. The first-order valence-electron chi connectivity index (χ1n) is 6.61. The quantitative estimate of drug-likeness (QED) is 0.559. The summed E-state index contributed by atoms with van der Waals surface area (Å²) in [7, 11) is 0. The van der Waals surface area contributed by atoms with Gasteiger partial charge in [-0.25, -0.2) is 0 Å². The fraction of sp³-hybridized carbons (Fsp3) is 0.471. The van der Waals surface area contributed by atoms with Crippen molar-refractivity contribution in [1.29, 1.82) is 0 Å². The van der Waals surface area contributed by atoms with Crippen LogP contribution in [0.1, 0.15) is 51.7 Å². The molecule has 90 valence electrons. The normalized spacial score (nSPS) is 21.4. The lowest BCUT2D eigenvalue weighted by Gasteiger charge is -2.43. The van der Waals surface area contributed by atoms with Gasteiger partial charge in [-0.3, -0.25) is 0 Å². The lowest BCUT2D eigenvalue weighted by molar-refractivity contribution is 0.332. The van der Waals surface area contributed by atoms with E-state index in [0.717, 1.165) is 0 Å². The minimum atomic E-state index is 0.330. The molecule has 2 aromatic carbocycles. The highest BCUT2D eigenvalue weighted by Crippen LogP contribution is 2.46. The van der Waals surface area contributed by atoms with Gasteiger partial charge in [0.15, 0.2) is 0 Å². The van der Waals surface area contributed by atoms with Crippen LogP contribution < -0.4 is 0 Å². The van der Waals surface area contributed by atoms with Gasteiger partial charge < -0.3 is 0 Å². The molecule has 1 aliphatic rings. The van der Waals surface area contributed by atoms with Crippen molar-refractivity contribution in [2.75, 3.05) is 0 Å². The molecule has 0 aliphatic heterocycles. The van der Waals surface area contributed by atoms with Crippen LogP contribution in [-0.4, -0.2) is 0 Å². The van der Waals surface area contributed by atoms with Crippen molar-refractivity contribution in [3.8, 4) is 0 Å². The fourth-order valence-corrected chi connectivity index (χ4v) is 3.19. The van der Waals surface area contributed by atoms with Crippen molar-refractivity contribution in [1.82, 2.24) is 0 Å². The van der Waals surface area contributed by atoms with Gasteiger partial charge >= 0.3 is 0 Å².